The second-order valence-corrected chi connectivity index (χ2v) is 3.65. The Morgan fingerprint density at radius 2 is 2.00 bits per heavy atom. The van der Waals surface area contributed by atoms with Crippen LogP contribution in [0.3, 0.4) is 0 Å². The van der Waals surface area contributed by atoms with Gasteiger partial charge in [-0.1, -0.05) is 23.7 Å². The highest BCUT2D eigenvalue weighted by atomic mass is 35.5. The molecule has 0 N–H and O–H groups in total. The molecule has 1 aliphatic heterocycles. The first-order valence-corrected chi connectivity index (χ1v) is 4.77. The molecule has 0 aliphatic carbocycles. The molecule has 0 radical (unpaired) electrons. The van der Waals surface area contributed by atoms with Crippen LogP contribution in [0.4, 0.5) is 13.2 Å². The van der Waals surface area contributed by atoms with E-state index in [1.807, 2.05) is 0 Å². The van der Waals surface area contributed by atoms with Crippen molar-refractivity contribution in [2.75, 3.05) is 6.54 Å². The predicted molar refractivity (Wildman–Crippen MR) is 52.6 cm³/mol. The van der Waals surface area contributed by atoms with Gasteiger partial charge in [0.1, 0.15) is 5.71 Å². The van der Waals surface area contributed by atoms with Gasteiger partial charge >= 0.3 is 6.18 Å². The van der Waals surface area contributed by atoms with E-state index in [-0.39, 0.29) is 12.1 Å². The number of aliphatic imine (C=N–C) groups is 1. The Morgan fingerprint density at radius 3 is 2.67 bits per heavy atom. The molecule has 0 bridgehead atoms. The number of fused-ring (bicyclic) bond motifs is 1. The summed E-state index contributed by atoms with van der Waals surface area (Å²) in [6.07, 6.45) is -3.94. The molecule has 1 aromatic carbocycles. The molecular formula is C10H7ClF3N. The molecule has 1 heterocycles. The Morgan fingerprint density at radius 1 is 1.27 bits per heavy atom. The van der Waals surface area contributed by atoms with E-state index in [1.165, 1.54) is 12.1 Å². The van der Waals surface area contributed by atoms with Crippen LogP contribution in [0.15, 0.2) is 23.2 Å². The minimum Gasteiger partial charge on any atom is -0.280 e. The van der Waals surface area contributed by atoms with Gasteiger partial charge in [0, 0.05) is 17.1 Å². The van der Waals surface area contributed by atoms with E-state index in [0.717, 1.165) is 0 Å². The van der Waals surface area contributed by atoms with E-state index in [4.69, 9.17) is 11.6 Å². The minimum absolute atomic E-state index is 0.112. The molecule has 0 spiro atoms. The molecule has 0 amide bonds. The average molecular weight is 234 g/mol. The summed E-state index contributed by atoms with van der Waals surface area (Å²) in [5.41, 5.74) is -0.158. The van der Waals surface area contributed by atoms with Gasteiger partial charge < -0.3 is 0 Å². The van der Waals surface area contributed by atoms with Gasteiger partial charge in [0.25, 0.3) is 0 Å². The number of alkyl halides is 3. The molecule has 2 rings (SSSR count). The van der Waals surface area contributed by atoms with Gasteiger partial charge in [-0.3, -0.25) is 4.99 Å². The summed E-state index contributed by atoms with van der Waals surface area (Å²) in [7, 11) is 0. The first kappa shape index (κ1) is 10.5. The van der Waals surface area contributed by atoms with Crippen molar-refractivity contribution >= 4 is 17.3 Å². The van der Waals surface area contributed by atoms with Crippen molar-refractivity contribution < 1.29 is 13.2 Å². The van der Waals surface area contributed by atoms with Crippen LogP contribution >= 0.6 is 11.6 Å². The summed E-state index contributed by atoms with van der Waals surface area (Å²) < 4.78 is 37.7. The highest BCUT2D eigenvalue weighted by Crippen LogP contribution is 2.30. The maximum absolute atomic E-state index is 12.6. The molecule has 1 aliphatic rings. The number of benzene rings is 1. The van der Waals surface area contributed by atoms with Gasteiger partial charge in [-0.05, 0) is 18.1 Å². The molecule has 15 heavy (non-hydrogen) atoms. The topological polar surface area (TPSA) is 12.4 Å². The minimum atomic E-state index is -4.40. The van der Waals surface area contributed by atoms with Crippen LogP contribution in [0.1, 0.15) is 11.1 Å². The molecule has 1 aromatic rings. The Labute approximate surface area is 89.6 Å². The third-order valence-corrected chi connectivity index (χ3v) is 2.63. The first-order valence-electron chi connectivity index (χ1n) is 4.39. The van der Waals surface area contributed by atoms with Gasteiger partial charge in [-0.25, -0.2) is 0 Å². The van der Waals surface area contributed by atoms with E-state index in [9.17, 15) is 13.2 Å². The molecular weight excluding hydrogens is 227 g/mol. The Balaban J connectivity index is 2.57. The number of nitrogens with zero attached hydrogens (tertiary/aromatic N) is 1. The molecule has 80 valence electrons. The van der Waals surface area contributed by atoms with Crippen LogP contribution in [-0.4, -0.2) is 18.4 Å². The van der Waals surface area contributed by atoms with Crippen molar-refractivity contribution in [2.45, 2.75) is 12.6 Å². The molecule has 0 aromatic heterocycles. The lowest BCUT2D eigenvalue weighted by molar-refractivity contribution is -0.0584. The molecule has 5 heteroatoms. The third kappa shape index (κ3) is 1.86. The Kier molecular flexibility index (Phi) is 2.46. The Bertz CT molecular complexity index is 423. The summed E-state index contributed by atoms with van der Waals surface area (Å²) in [6.45, 7) is 0.144. The smallest absolute Gasteiger partial charge is 0.280 e. The molecule has 0 saturated heterocycles. The maximum Gasteiger partial charge on any atom is 0.433 e. The van der Waals surface area contributed by atoms with Crippen molar-refractivity contribution in [1.29, 1.82) is 0 Å². The lowest BCUT2D eigenvalue weighted by atomic mass is 9.97. The highest BCUT2D eigenvalue weighted by molar-refractivity contribution is 6.32. The second-order valence-electron chi connectivity index (χ2n) is 3.24. The van der Waals surface area contributed by atoms with Crippen molar-refractivity contribution in [3.8, 4) is 0 Å². The maximum atomic E-state index is 12.6. The molecule has 1 nitrogen and oxygen atoms in total. The SMILES string of the molecule is FC(F)(F)C1=NCCc2c(Cl)cccc21. The molecule has 0 atom stereocenters. The number of hydrogen-bond acceptors (Lipinski definition) is 1. The van der Waals surface area contributed by atoms with E-state index in [0.29, 0.717) is 17.0 Å². The van der Waals surface area contributed by atoms with Crippen LogP contribution in [0.2, 0.25) is 5.02 Å². The zero-order valence-electron chi connectivity index (χ0n) is 7.61. The van der Waals surface area contributed by atoms with Crippen LogP contribution in [0.25, 0.3) is 0 Å². The van der Waals surface area contributed by atoms with E-state index in [1.54, 1.807) is 6.07 Å². The van der Waals surface area contributed by atoms with Gasteiger partial charge in [-0.2, -0.15) is 13.2 Å². The fourth-order valence-corrected chi connectivity index (χ4v) is 1.91. The lowest BCUT2D eigenvalue weighted by Gasteiger charge is -2.19. The Hall–Kier alpha value is -1.03. The van der Waals surface area contributed by atoms with E-state index < -0.39 is 11.9 Å². The zero-order valence-corrected chi connectivity index (χ0v) is 8.36. The molecule has 0 fully saturated rings. The average Bonchev–Trinajstić information content (AvgIpc) is 2.16. The van der Waals surface area contributed by atoms with Crippen LogP contribution in [0, 0.1) is 0 Å². The van der Waals surface area contributed by atoms with Crippen molar-refractivity contribution in [1.82, 2.24) is 0 Å². The number of rotatable bonds is 0. The highest BCUT2D eigenvalue weighted by Gasteiger charge is 2.39. The quantitative estimate of drug-likeness (QED) is 0.652. The van der Waals surface area contributed by atoms with Gasteiger partial charge in [0.2, 0.25) is 0 Å². The third-order valence-electron chi connectivity index (χ3n) is 2.27. The van der Waals surface area contributed by atoms with Gasteiger partial charge in [-0.15, -0.1) is 0 Å². The molecule has 0 unspecified atom stereocenters. The number of hydrogen-bond donors (Lipinski definition) is 0. The van der Waals surface area contributed by atoms with Crippen LogP contribution in [-0.2, 0) is 6.42 Å². The lowest BCUT2D eigenvalue weighted by Crippen LogP contribution is -2.28. The van der Waals surface area contributed by atoms with Crippen LogP contribution in [0.5, 0.6) is 0 Å². The summed E-state index contributed by atoms with van der Waals surface area (Å²) in [5.74, 6) is 0. The fourth-order valence-electron chi connectivity index (χ4n) is 1.64. The summed E-state index contributed by atoms with van der Waals surface area (Å²) in [5, 5.41) is 0.379. The fraction of sp³-hybridized carbons (Fsp3) is 0.300. The second kappa shape index (κ2) is 3.52. The van der Waals surface area contributed by atoms with Crippen molar-refractivity contribution in [3.63, 3.8) is 0 Å². The number of halogens is 4. The largest absolute Gasteiger partial charge is 0.433 e. The van der Waals surface area contributed by atoms with Crippen LogP contribution < -0.4 is 0 Å². The van der Waals surface area contributed by atoms with E-state index >= 15 is 0 Å². The summed E-state index contributed by atoms with van der Waals surface area (Å²) >= 11 is 5.84. The summed E-state index contributed by atoms with van der Waals surface area (Å²) in [4.78, 5) is 3.52. The van der Waals surface area contributed by atoms with E-state index in [2.05, 4.69) is 4.99 Å². The van der Waals surface area contributed by atoms with Crippen molar-refractivity contribution in [3.05, 3.63) is 34.3 Å². The first-order chi connectivity index (χ1) is 7.00. The monoisotopic (exact) mass is 233 g/mol. The van der Waals surface area contributed by atoms with Gasteiger partial charge in [0.05, 0.1) is 0 Å². The summed E-state index contributed by atoms with van der Waals surface area (Å²) in [6, 6.07) is 4.51. The standard InChI is InChI=1S/C10H7ClF3N/c11-8-3-1-2-7-6(8)4-5-15-9(7)10(12,13)14/h1-3H,4-5H2. The zero-order chi connectivity index (χ0) is 11.1. The molecule has 0 saturated carbocycles. The van der Waals surface area contributed by atoms with Crippen molar-refractivity contribution in [2.24, 2.45) is 4.99 Å². The predicted octanol–water partition coefficient (Wildman–Crippen LogP) is 3.25. The van der Waals surface area contributed by atoms with Gasteiger partial charge in [0.15, 0.2) is 0 Å². The normalized spacial score (nSPS) is 15.9.